The van der Waals surface area contributed by atoms with Gasteiger partial charge in [-0.25, -0.2) is 9.37 Å². The average Bonchev–Trinajstić information content (AvgIpc) is 3.25. The van der Waals surface area contributed by atoms with Crippen molar-refractivity contribution in [3.8, 4) is 0 Å². The van der Waals surface area contributed by atoms with Gasteiger partial charge in [0.1, 0.15) is 18.0 Å². The molecule has 0 atom stereocenters. The lowest BCUT2D eigenvalue weighted by Crippen LogP contribution is -2.30. The van der Waals surface area contributed by atoms with Crippen molar-refractivity contribution in [3.05, 3.63) is 53.7 Å². The van der Waals surface area contributed by atoms with Crippen molar-refractivity contribution in [1.29, 1.82) is 0 Å². The van der Waals surface area contributed by atoms with Crippen LogP contribution in [0.3, 0.4) is 0 Å². The van der Waals surface area contributed by atoms with Crippen LogP contribution in [0.5, 0.6) is 0 Å². The van der Waals surface area contributed by atoms with Crippen LogP contribution < -0.4 is 4.90 Å². The Labute approximate surface area is 133 Å². The van der Waals surface area contributed by atoms with Crippen LogP contribution in [-0.2, 0) is 6.42 Å². The van der Waals surface area contributed by atoms with Crippen LogP contribution in [0.2, 0.25) is 0 Å². The summed E-state index contributed by atoms with van der Waals surface area (Å²) >= 11 is 0. The molecular weight excluding hydrogens is 293 g/mol. The van der Waals surface area contributed by atoms with Gasteiger partial charge in [0.05, 0.1) is 0 Å². The van der Waals surface area contributed by atoms with Crippen LogP contribution in [0.15, 0.2) is 36.7 Å². The minimum absolute atomic E-state index is 0.182. The highest BCUT2D eigenvalue weighted by atomic mass is 19.1. The van der Waals surface area contributed by atoms with Crippen molar-refractivity contribution >= 4 is 11.6 Å². The maximum Gasteiger partial charge on any atom is 0.254 e. The summed E-state index contributed by atoms with van der Waals surface area (Å²) in [4.78, 5) is 10.9. The van der Waals surface area contributed by atoms with E-state index in [0.29, 0.717) is 11.8 Å². The topological polar surface area (TPSA) is 46.3 Å². The molecular formula is C17H18FN5. The highest BCUT2D eigenvalue weighted by molar-refractivity contribution is 5.49. The quantitative estimate of drug-likeness (QED) is 0.727. The molecule has 23 heavy (non-hydrogen) atoms. The molecule has 1 aliphatic rings. The van der Waals surface area contributed by atoms with Gasteiger partial charge in [0.15, 0.2) is 0 Å². The third-order valence-corrected chi connectivity index (χ3v) is 4.17. The first-order valence-electron chi connectivity index (χ1n) is 7.89. The van der Waals surface area contributed by atoms with E-state index in [4.69, 9.17) is 0 Å². The molecule has 1 saturated carbocycles. The zero-order valence-corrected chi connectivity index (χ0v) is 13.0. The van der Waals surface area contributed by atoms with E-state index in [1.807, 2.05) is 19.1 Å². The Morgan fingerprint density at radius 3 is 2.96 bits per heavy atom. The Balaban J connectivity index is 1.63. The number of fused-ring (bicyclic) bond motifs is 1. The number of nitrogens with zero attached hydrogens (tertiary/aromatic N) is 5. The first-order chi connectivity index (χ1) is 11.2. The van der Waals surface area contributed by atoms with Crippen LogP contribution in [-0.4, -0.2) is 32.2 Å². The molecule has 2 heterocycles. The van der Waals surface area contributed by atoms with E-state index in [1.165, 1.54) is 25.2 Å². The number of hydrogen-bond acceptors (Lipinski definition) is 4. The number of anilines is 1. The molecule has 0 amide bonds. The largest absolute Gasteiger partial charge is 0.353 e. The maximum absolute atomic E-state index is 13.4. The van der Waals surface area contributed by atoms with Crippen molar-refractivity contribution in [2.75, 3.05) is 11.4 Å². The van der Waals surface area contributed by atoms with Crippen LogP contribution in [0.25, 0.3) is 5.78 Å². The third kappa shape index (κ3) is 2.88. The monoisotopic (exact) mass is 311 g/mol. The zero-order valence-electron chi connectivity index (χ0n) is 13.0. The van der Waals surface area contributed by atoms with E-state index in [-0.39, 0.29) is 5.82 Å². The van der Waals surface area contributed by atoms with Crippen molar-refractivity contribution in [2.24, 2.45) is 0 Å². The number of hydrogen-bond donors (Lipinski definition) is 0. The molecule has 5 nitrogen and oxygen atoms in total. The molecule has 0 radical (unpaired) electrons. The number of rotatable bonds is 5. The molecule has 0 bridgehead atoms. The lowest BCUT2D eigenvalue weighted by atomic mass is 10.1. The van der Waals surface area contributed by atoms with E-state index in [1.54, 1.807) is 16.6 Å². The Hall–Kier alpha value is -2.50. The zero-order chi connectivity index (χ0) is 15.8. The molecule has 0 N–H and O–H groups in total. The number of aryl methyl sites for hydroxylation is 1. The molecule has 3 aromatic rings. The predicted octanol–water partition coefficient (Wildman–Crippen LogP) is 2.78. The van der Waals surface area contributed by atoms with Crippen molar-refractivity contribution < 1.29 is 4.39 Å². The normalized spacial score (nSPS) is 14.3. The molecule has 0 unspecified atom stereocenters. The van der Waals surface area contributed by atoms with Crippen LogP contribution in [0, 0.1) is 12.7 Å². The summed E-state index contributed by atoms with van der Waals surface area (Å²) in [6.07, 6.45) is 4.69. The first-order valence-corrected chi connectivity index (χ1v) is 7.89. The SMILES string of the molecule is Cc1cc(N(CCc2cccc(F)c2)C2CC2)n2ncnc2n1. The fourth-order valence-corrected chi connectivity index (χ4v) is 2.93. The summed E-state index contributed by atoms with van der Waals surface area (Å²) < 4.78 is 15.1. The highest BCUT2D eigenvalue weighted by Gasteiger charge is 2.30. The van der Waals surface area contributed by atoms with Gasteiger partial charge in [0.2, 0.25) is 0 Å². The minimum Gasteiger partial charge on any atom is -0.353 e. The number of halogens is 1. The van der Waals surface area contributed by atoms with E-state index in [9.17, 15) is 4.39 Å². The molecule has 1 aliphatic carbocycles. The Kier molecular flexibility index (Phi) is 3.44. The van der Waals surface area contributed by atoms with Crippen LogP contribution in [0.4, 0.5) is 10.2 Å². The van der Waals surface area contributed by atoms with Crippen LogP contribution >= 0.6 is 0 Å². The van der Waals surface area contributed by atoms with E-state index in [0.717, 1.165) is 30.0 Å². The molecule has 1 fully saturated rings. The lowest BCUT2D eigenvalue weighted by molar-refractivity contribution is 0.624. The van der Waals surface area contributed by atoms with Crippen molar-refractivity contribution in [3.63, 3.8) is 0 Å². The van der Waals surface area contributed by atoms with E-state index >= 15 is 0 Å². The van der Waals surface area contributed by atoms with E-state index in [2.05, 4.69) is 20.0 Å². The van der Waals surface area contributed by atoms with Gasteiger partial charge in [-0.2, -0.15) is 14.6 Å². The van der Waals surface area contributed by atoms with Crippen molar-refractivity contribution in [1.82, 2.24) is 19.6 Å². The van der Waals surface area contributed by atoms with Gasteiger partial charge in [0.25, 0.3) is 5.78 Å². The second-order valence-corrected chi connectivity index (χ2v) is 6.03. The van der Waals surface area contributed by atoms with Crippen molar-refractivity contribution in [2.45, 2.75) is 32.2 Å². The summed E-state index contributed by atoms with van der Waals surface area (Å²) in [5.41, 5.74) is 1.94. The summed E-state index contributed by atoms with van der Waals surface area (Å²) in [5, 5.41) is 4.30. The molecule has 4 rings (SSSR count). The highest BCUT2D eigenvalue weighted by Crippen LogP contribution is 2.32. The molecule has 1 aromatic carbocycles. The standard InChI is InChI=1S/C17H18FN5/c1-12-9-16(23-17(21-12)19-11-20-23)22(15-5-6-15)8-7-13-3-2-4-14(18)10-13/h2-4,9-11,15H,5-8H2,1H3. The molecule has 118 valence electrons. The summed E-state index contributed by atoms with van der Waals surface area (Å²) in [6.45, 7) is 2.79. The fourth-order valence-electron chi connectivity index (χ4n) is 2.93. The summed E-state index contributed by atoms with van der Waals surface area (Å²) in [7, 11) is 0. The smallest absolute Gasteiger partial charge is 0.254 e. The Bertz CT molecular complexity index is 840. The van der Waals surface area contributed by atoms with Gasteiger partial charge in [0, 0.05) is 24.3 Å². The van der Waals surface area contributed by atoms with Gasteiger partial charge >= 0.3 is 0 Å². The number of aromatic nitrogens is 4. The Morgan fingerprint density at radius 2 is 2.17 bits per heavy atom. The first kappa shape index (κ1) is 14.1. The van der Waals surface area contributed by atoms with Gasteiger partial charge < -0.3 is 4.90 Å². The van der Waals surface area contributed by atoms with Crippen LogP contribution in [0.1, 0.15) is 24.1 Å². The molecule has 6 heteroatoms. The van der Waals surface area contributed by atoms with E-state index < -0.39 is 0 Å². The average molecular weight is 311 g/mol. The van der Waals surface area contributed by atoms with Gasteiger partial charge in [-0.05, 0) is 43.9 Å². The second kappa shape index (κ2) is 5.61. The summed E-state index contributed by atoms with van der Waals surface area (Å²) in [5.74, 6) is 1.46. The molecule has 0 spiro atoms. The lowest BCUT2D eigenvalue weighted by Gasteiger charge is -2.25. The third-order valence-electron chi connectivity index (χ3n) is 4.17. The summed E-state index contributed by atoms with van der Waals surface area (Å²) in [6, 6.07) is 9.39. The van der Waals surface area contributed by atoms with Gasteiger partial charge in [-0.15, -0.1) is 0 Å². The Morgan fingerprint density at radius 1 is 1.30 bits per heavy atom. The number of benzene rings is 1. The fraction of sp³-hybridized carbons (Fsp3) is 0.353. The molecule has 2 aromatic heterocycles. The minimum atomic E-state index is -0.182. The van der Waals surface area contributed by atoms with Gasteiger partial charge in [-0.1, -0.05) is 12.1 Å². The maximum atomic E-state index is 13.4. The predicted molar refractivity (Wildman–Crippen MR) is 86.0 cm³/mol. The molecule has 0 saturated heterocycles. The van der Waals surface area contributed by atoms with Gasteiger partial charge in [-0.3, -0.25) is 0 Å². The second-order valence-electron chi connectivity index (χ2n) is 6.03. The molecule has 0 aliphatic heterocycles.